The van der Waals surface area contributed by atoms with Crippen LogP contribution in [-0.2, 0) is 14.3 Å². The maximum atomic E-state index is 11.8. The van der Waals surface area contributed by atoms with Crippen LogP contribution < -0.4 is 5.32 Å². The van der Waals surface area contributed by atoms with Crippen LogP contribution in [0.1, 0.15) is 12.5 Å². The second-order valence-electron chi connectivity index (χ2n) is 4.25. The van der Waals surface area contributed by atoms with Crippen LogP contribution in [0.3, 0.4) is 0 Å². The number of aromatic nitrogens is 2. The summed E-state index contributed by atoms with van der Waals surface area (Å²) < 4.78 is 5.57. The Morgan fingerprint density at radius 3 is 2.78 bits per heavy atom. The number of anilines is 1. The molecule has 0 aliphatic rings. The second kappa shape index (κ2) is 9.06. The van der Waals surface area contributed by atoms with Gasteiger partial charge in [0.05, 0.1) is 12.4 Å². The van der Waals surface area contributed by atoms with Crippen molar-refractivity contribution in [1.29, 1.82) is 0 Å². The molecule has 0 fully saturated rings. The van der Waals surface area contributed by atoms with Crippen molar-refractivity contribution in [3.05, 3.63) is 41.4 Å². The van der Waals surface area contributed by atoms with Crippen LogP contribution in [0.25, 0.3) is 6.08 Å². The average molecular weight is 349 g/mol. The van der Waals surface area contributed by atoms with Crippen molar-refractivity contribution in [3.63, 3.8) is 0 Å². The zero-order valence-electron chi connectivity index (χ0n) is 12.4. The molecular formula is C15H15N3O3S2. The van der Waals surface area contributed by atoms with Crippen LogP contribution in [0, 0.1) is 0 Å². The Labute approximate surface area is 142 Å². The molecule has 2 rings (SSSR count). The Morgan fingerprint density at radius 2 is 2.13 bits per heavy atom. The summed E-state index contributed by atoms with van der Waals surface area (Å²) in [5.41, 5.74) is 3.17. The summed E-state index contributed by atoms with van der Waals surface area (Å²) in [6, 6.07) is 7.17. The minimum Gasteiger partial charge on any atom is -0.463 e. The summed E-state index contributed by atoms with van der Waals surface area (Å²) in [6.45, 7) is 2.11. The standard InChI is InChI=1S/C15H15N3O3S2/c1-2-21-14(20)8-5-11-3-6-12(7-4-11)17-13(19)9-22-15-18-16-10-23-15/h3-8,10H,2,9H2,1H3,(H,17,19). The van der Waals surface area contributed by atoms with E-state index in [1.54, 1.807) is 30.6 Å². The van der Waals surface area contributed by atoms with Gasteiger partial charge < -0.3 is 10.1 Å². The third-order valence-corrected chi connectivity index (χ3v) is 4.42. The smallest absolute Gasteiger partial charge is 0.330 e. The Bertz CT molecular complexity index is 670. The number of rotatable bonds is 7. The zero-order valence-corrected chi connectivity index (χ0v) is 14.0. The van der Waals surface area contributed by atoms with Gasteiger partial charge in [-0.3, -0.25) is 4.79 Å². The van der Waals surface area contributed by atoms with Gasteiger partial charge in [-0.15, -0.1) is 10.2 Å². The van der Waals surface area contributed by atoms with E-state index in [-0.39, 0.29) is 17.6 Å². The van der Waals surface area contributed by atoms with E-state index < -0.39 is 0 Å². The number of carbonyl (C=O) groups excluding carboxylic acids is 2. The molecule has 23 heavy (non-hydrogen) atoms. The van der Waals surface area contributed by atoms with Gasteiger partial charge in [0.25, 0.3) is 0 Å². The van der Waals surface area contributed by atoms with Crippen LogP contribution in [0.15, 0.2) is 40.2 Å². The molecule has 0 unspecified atom stereocenters. The molecular weight excluding hydrogens is 334 g/mol. The summed E-state index contributed by atoms with van der Waals surface area (Å²) in [5, 5.41) is 10.4. The quantitative estimate of drug-likeness (QED) is 0.470. The number of benzene rings is 1. The fourth-order valence-electron chi connectivity index (χ4n) is 1.58. The van der Waals surface area contributed by atoms with Gasteiger partial charge in [-0.1, -0.05) is 35.2 Å². The summed E-state index contributed by atoms with van der Waals surface area (Å²) in [6.07, 6.45) is 3.03. The molecule has 0 aliphatic heterocycles. The van der Waals surface area contributed by atoms with Crippen molar-refractivity contribution in [2.24, 2.45) is 0 Å². The first-order valence-electron chi connectivity index (χ1n) is 6.81. The lowest BCUT2D eigenvalue weighted by atomic mass is 10.2. The summed E-state index contributed by atoms with van der Waals surface area (Å²) in [4.78, 5) is 23.0. The molecule has 2 aromatic rings. The lowest BCUT2D eigenvalue weighted by molar-refractivity contribution is -0.137. The highest BCUT2D eigenvalue weighted by Gasteiger charge is 2.05. The van der Waals surface area contributed by atoms with Crippen LogP contribution in [0.5, 0.6) is 0 Å². The SMILES string of the molecule is CCOC(=O)C=Cc1ccc(NC(=O)CSc2nncs2)cc1. The van der Waals surface area contributed by atoms with Crippen molar-refractivity contribution >= 4 is 46.7 Å². The molecule has 0 atom stereocenters. The van der Waals surface area contributed by atoms with Crippen LogP contribution in [0.2, 0.25) is 0 Å². The molecule has 1 amide bonds. The lowest BCUT2D eigenvalue weighted by Crippen LogP contribution is -2.13. The van der Waals surface area contributed by atoms with Crippen LogP contribution in [0.4, 0.5) is 5.69 Å². The Morgan fingerprint density at radius 1 is 1.35 bits per heavy atom. The highest BCUT2D eigenvalue weighted by molar-refractivity contribution is 8.01. The molecule has 0 saturated carbocycles. The van der Waals surface area contributed by atoms with Gasteiger partial charge in [-0.05, 0) is 30.7 Å². The third-order valence-electron chi connectivity index (χ3n) is 2.56. The molecule has 120 valence electrons. The Kier molecular flexibility index (Phi) is 6.76. The number of hydrogen-bond acceptors (Lipinski definition) is 7. The number of nitrogens with zero attached hydrogens (tertiary/aromatic N) is 2. The van der Waals surface area contributed by atoms with E-state index in [0.29, 0.717) is 12.3 Å². The molecule has 1 aromatic carbocycles. The molecule has 1 heterocycles. The van der Waals surface area contributed by atoms with Gasteiger partial charge in [-0.2, -0.15) is 0 Å². The van der Waals surface area contributed by atoms with E-state index in [0.717, 1.165) is 9.90 Å². The van der Waals surface area contributed by atoms with Gasteiger partial charge in [0.2, 0.25) is 5.91 Å². The number of thioether (sulfide) groups is 1. The molecule has 1 aromatic heterocycles. The van der Waals surface area contributed by atoms with Crippen molar-refractivity contribution < 1.29 is 14.3 Å². The summed E-state index contributed by atoms with van der Waals surface area (Å²) in [7, 11) is 0. The maximum Gasteiger partial charge on any atom is 0.330 e. The third kappa shape index (κ3) is 6.21. The number of nitrogens with one attached hydrogen (secondary N) is 1. The van der Waals surface area contributed by atoms with Crippen molar-refractivity contribution in [1.82, 2.24) is 10.2 Å². The van der Waals surface area contributed by atoms with E-state index in [1.165, 1.54) is 29.2 Å². The minimum absolute atomic E-state index is 0.111. The second-order valence-corrected chi connectivity index (χ2v) is 6.30. The molecule has 8 heteroatoms. The van der Waals surface area contributed by atoms with E-state index in [2.05, 4.69) is 15.5 Å². The van der Waals surface area contributed by atoms with E-state index >= 15 is 0 Å². The highest BCUT2D eigenvalue weighted by atomic mass is 32.2. The maximum absolute atomic E-state index is 11.8. The van der Waals surface area contributed by atoms with E-state index in [1.807, 2.05) is 12.1 Å². The van der Waals surface area contributed by atoms with E-state index in [4.69, 9.17) is 4.74 Å². The number of esters is 1. The summed E-state index contributed by atoms with van der Waals surface area (Å²) >= 11 is 2.74. The zero-order chi connectivity index (χ0) is 16.5. The first-order valence-corrected chi connectivity index (χ1v) is 8.67. The van der Waals surface area contributed by atoms with Crippen LogP contribution in [-0.4, -0.2) is 34.4 Å². The Balaban J connectivity index is 1.82. The molecule has 6 nitrogen and oxygen atoms in total. The fraction of sp³-hybridized carbons (Fsp3) is 0.200. The molecule has 0 radical (unpaired) electrons. The first kappa shape index (κ1) is 17.2. The monoisotopic (exact) mass is 349 g/mol. The van der Waals surface area contributed by atoms with Gasteiger partial charge in [0, 0.05) is 11.8 Å². The number of ether oxygens (including phenoxy) is 1. The number of amides is 1. The summed E-state index contributed by atoms with van der Waals surface area (Å²) in [5.74, 6) is -0.210. The number of hydrogen-bond donors (Lipinski definition) is 1. The van der Waals surface area contributed by atoms with Crippen molar-refractivity contribution in [2.75, 3.05) is 17.7 Å². The van der Waals surface area contributed by atoms with E-state index in [9.17, 15) is 9.59 Å². The first-order chi connectivity index (χ1) is 11.2. The molecule has 0 aliphatic carbocycles. The molecule has 0 saturated heterocycles. The van der Waals surface area contributed by atoms with Gasteiger partial charge in [0.15, 0.2) is 4.34 Å². The normalized spacial score (nSPS) is 10.7. The van der Waals surface area contributed by atoms with Crippen molar-refractivity contribution in [2.45, 2.75) is 11.3 Å². The van der Waals surface area contributed by atoms with Gasteiger partial charge in [-0.25, -0.2) is 4.79 Å². The topological polar surface area (TPSA) is 81.2 Å². The molecule has 0 spiro atoms. The minimum atomic E-state index is -0.376. The fourth-order valence-corrected chi connectivity index (χ4v) is 2.87. The predicted octanol–water partition coefficient (Wildman–Crippen LogP) is 2.85. The molecule has 1 N–H and O–H groups in total. The van der Waals surface area contributed by atoms with Gasteiger partial charge in [0.1, 0.15) is 5.51 Å². The Hall–Kier alpha value is -2.19. The number of carbonyl (C=O) groups is 2. The average Bonchev–Trinajstić information content (AvgIpc) is 3.06. The molecule has 0 bridgehead atoms. The highest BCUT2D eigenvalue weighted by Crippen LogP contribution is 2.19. The van der Waals surface area contributed by atoms with Crippen molar-refractivity contribution in [3.8, 4) is 0 Å². The predicted molar refractivity (Wildman–Crippen MR) is 91.4 cm³/mol. The lowest BCUT2D eigenvalue weighted by Gasteiger charge is -2.04. The largest absolute Gasteiger partial charge is 0.463 e. The van der Waals surface area contributed by atoms with Crippen LogP contribution >= 0.6 is 23.1 Å². The van der Waals surface area contributed by atoms with Gasteiger partial charge >= 0.3 is 5.97 Å².